The van der Waals surface area contributed by atoms with Gasteiger partial charge in [0, 0.05) is 43.2 Å². The maximum Gasteiger partial charge on any atom is 0.411 e. The molecule has 178 valence electrons. The maximum absolute atomic E-state index is 13.3. The number of nitrogens with zero attached hydrogens (tertiary/aromatic N) is 2. The van der Waals surface area contributed by atoms with Crippen LogP contribution in [-0.4, -0.2) is 58.0 Å². The normalized spacial score (nSPS) is 13.8. The Labute approximate surface area is 194 Å². The summed E-state index contributed by atoms with van der Waals surface area (Å²) in [4.78, 5) is 26.8. The first-order chi connectivity index (χ1) is 15.8. The van der Waals surface area contributed by atoms with E-state index >= 15 is 0 Å². The van der Waals surface area contributed by atoms with Crippen molar-refractivity contribution in [3.05, 3.63) is 48.0 Å². The number of carbonyl (C=O) groups excluding carboxylic acids is 2. The van der Waals surface area contributed by atoms with E-state index in [1.165, 1.54) is 17.5 Å². The lowest BCUT2D eigenvalue weighted by atomic mass is 10.1. The summed E-state index contributed by atoms with van der Waals surface area (Å²) in [5, 5.41) is 5.38. The molecule has 2 aromatic carbocycles. The van der Waals surface area contributed by atoms with E-state index in [9.17, 15) is 18.0 Å². The fourth-order valence-corrected chi connectivity index (χ4v) is 5.29. The predicted molar refractivity (Wildman–Crippen MR) is 128 cm³/mol. The molecule has 2 aromatic rings. The topological polar surface area (TPSA) is 108 Å². The van der Waals surface area contributed by atoms with Crippen molar-refractivity contribution in [3.8, 4) is 0 Å². The predicted octanol–water partition coefficient (Wildman–Crippen LogP) is 3.75. The van der Waals surface area contributed by atoms with Gasteiger partial charge in [0.2, 0.25) is 10.0 Å². The first kappa shape index (κ1) is 24.5. The highest BCUT2D eigenvalue weighted by Crippen LogP contribution is 2.29. The van der Waals surface area contributed by atoms with E-state index in [1.807, 2.05) is 0 Å². The quantitative estimate of drug-likeness (QED) is 0.603. The molecular weight excluding hydrogens is 444 g/mol. The van der Waals surface area contributed by atoms with Crippen LogP contribution in [0.15, 0.2) is 47.4 Å². The van der Waals surface area contributed by atoms with Crippen molar-refractivity contribution in [2.75, 3.05) is 48.8 Å². The van der Waals surface area contributed by atoms with Crippen LogP contribution in [0.1, 0.15) is 37.0 Å². The molecule has 2 N–H and O–H groups in total. The van der Waals surface area contributed by atoms with Gasteiger partial charge in [-0.1, -0.05) is 13.8 Å². The van der Waals surface area contributed by atoms with Crippen LogP contribution in [0, 0.1) is 0 Å². The highest BCUT2D eigenvalue weighted by Gasteiger charge is 2.26. The smallest absolute Gasteiger partial charge is 0.411 e. The van der Waals surface area contributed by atoms with Crippen molar-refractivity contribution in [1.82, 2.24) is 4.31 Å². The van der Waals surface area contributed by atoms with Crippen LogP contribution in [0.25, 0.3) is 0 Å². The highest BCUT2D eigenvalue weighted by atomic mass is 32.2. The van der Waals surface area contributed by atoms with Crippen LogP contribution < -0.4 is 15.5 Å². The molecule has 0 aromatic heterocycles. The molecule has 3 rings (SSSR count). The number of amides is 2. The molecule has 0 unspecified atom stereocenters. The lowest BCUT2D eigenvalue weighted by Crippen LogP contribution is -2.31. The van der Waals surface area contributed by atoms with Gasteiger partial charge >= 0.3 is 6.09 Å². The van der Waals surface area contributed by atoms with Gasteiger partial charge < -0.3 is 15.0 Å². The number of rotatable bonds is 8. The fourth-order valence-electron chi connectivity index (χ4n) is 3.81. The first-order valence-corrected chi connectivity index (χ1v) is 12.4. The molecule has 0 aliphatic carbocycles. The number of nitrogens with one attached hydrogen (secondary N) is 2. The van der Waals surface area contributed by atoms with E-state index in [0.29, 0.717) is 35.7 Å². The number of sulfonamides is 1. The Morgan fingerprint density at radius 2 is 1.55 bits per heavy atom. The van der Waals surface area contributed by atoms with Crippen LogP contribution in [0.4, 0.5) is 21.9 Å². The van der Waals surface area contributed by atoms with Gasteiger partial charge in [0.15, 0.2) is 0 Å². The number of carbonyl (C=O) groups is 2. The molecule has 0 saturated carbocycles. The lowest BCUT2D eigenvalue weighted by Gasteiger charge is -2.23. The minimum Gasteiger partial charge on any atom is -0.453 e. The molecular formula is C23H30N4O5S. The fraction of sp³-hybridized carbons (Fsp3) is 0.391. The summed E-state index contributed by atoms with van der Waals surface area (Å²) < 4.78 is 32.0. The number of hydrogen-bond acceptors (Lipinski definition) is 6. The number of anilines is 3. The molecule has 1 fully saturated rings. The van der Waals surface area contributed by atoms with E-state index in [2.05, 4.69) is 20.3 Å². The molecule has 0 spiro atoms. The van der Waals surface area contributed by atoms with Gasteiger partial charge in [-0.25, -0.2) is 13.2 Å². The van der Waals surface area contributed by atoms with Gasteiger partial charge in [-0.15, -0.1) is 0 Å². The standard InChI is InChI=1S/C23H30N4O5S/c1-4-27(5-2)33(30,31)19-12-13-21(26-14-6-7-15-26)20(16-19)22(28)24-17-8-10-18(11-9-17)25-23(29)32-3/h8-13,16H,4-7,14-15H2,1-3H3,(H,24,28)(H,25,29). The molecule has 0 bridgehead atoms. The average molecular weight is 475 g/mol. The van der Waals surface area contributed by atoms with Gasteiger partial charge in [0.25, 0.3) is 5.91 Å². The number of ether oxygens (including phenoxy) is 1. The Kier molecular flexibility index (Phi) is 7.93. The van der Waals surface area contributed by atoms with Gasteiger partial charge in [-0.3, -0.25) is 10.1 Å². The zero-order valence-electron chi connectivity index (χ0n) is 19.1. The number of benzene rings is 2. The third kappa shape index (κ3) is 5.63. The van der Waals surface area contributed by atoms with E-state index in [0.717, 1.165) is 25.9 Å². The zero-order valence-corrected chi connectivity index (χ0v) is 19.9. The van der Waals surface area contributed by atoms with E-state index in [1.54, 1.807) is 50.2 Å². The molecule has 2 amide bonds. The maximum atomic E-state index is 13.3. The molecule has 1 aliphatic rings. The third-order valence-corrected chi connectivity index (χ3v) is 7.62. The summed E-state index contributed by atoms with van der Waals surface area (Å²) in [6.45, 7) is 5.89. The van der Waals surface area contributed by atoms with Crippen molar-refractivity contribution in [3.63, 3.8) is 0 Å². The molecule has 1 saturated heterocycles. The Morgan fingerprint density at radius 1 is 0.970 bits per heavy atom. The summed E-state index contributed by atoms with van der Waals surface area (Å²) in [6, 6.07) is 11.3. The van der Waals surface area contributed by atoms with Crippen molar-refractivity contribution < 1.29 is 22.7 Å². The Morgan fingerprint density at radius 3 is 2.09 bits per heavy atom. The average Bonchev–Trinajstić information content (AvgIpc) is 3.35. The molecule has 1 heterocycles. The van der Waals surface area contributed by atoms with Crippen molar-refractivity contribution in [2.45, 2.75) is 31.6 Å². The summed E-state index contributed by atoms with van der Waals surface area (Å²) in [6.07, 6.45) is 1.46. The lowest BCUT2D eigenvalue weighted by molar-refractivity contribution is 0.102. The van der Waals surface area contributed by atoms with E-state index < -0.39 is 22.0 Å². The summed E-state index contributed by atoms with van der Waals surface area (Å²) in [5.74, 6) is -0.401. The first-order valence-electron chi connectivity index (χ1n) is 11.0. The minimum absolute atomic E-state index is 0.0944. The van der Waals surface area contributed by atoms with Crippen molar-refractivity contribution in [2.24, 2.45) is 0 Å². The second-order valence-corrected chi connectivity index (χ2v) is 9.55. The van der Waals surface area contributed by atoms with E-state index in [4.69, 9.17) is 0 Å². The van der Waals surface area contributed by atoms with Crippen molar-refractivity contribution >= 4 is 39.1 Å². The Bertz CT molecular complexity index is 1090. The molecule has 33 heavy (non-hydrogen) atoms. The summed E-state index contributed by atoms with van der Waals surface area (Å²) in [7, 11) is -2.43. The number of methoxy groups -OCH3 is 1. The van der Waals surface area contributed by atoms with Gasteiger partial charge in [0.1, 0.15) is 0 Å². The molecule has 10 heteroatoms. The summed E-state index contributed by atoms with van der Waals surface area (Å²) >= 11 is 0. The molecule has 1 aliphatic heterocycles. The van der Waals surface area contributed by atoms with Crippen LogP contribution in [-0.2, 0) is 14.8 Å². The molecule has 9 nitrogen and oxygen atoms in total. The van der Waals surface area contributed by atoms with Gasteiger partial charge in [-0.2, -0.15) is 4.31 Å². The number of hydrogen-bond donors (Lipinski definition) is 2. The van der Waals surface area contributed by atoms with Crippen LogP contribution in [0.5, 0.6) is 0 Å². The van der Waals surface area contributed by atoms with Crippen molar-refractivity contribution in [1.29, 1.82) is 0 Å². The van der Waals surface area contributed by atoms with E-state index in [-0.39, 0.29) is 4.90 Å². The largest absolute Gasteiger partial charge is 0.453 e. The second-order valence-electron chi connectivity index (χ2n) is 7.61. The van der Waals surface area contributed by atoms with Crippen LogP contribution in [0.2, 0.25) is 0 Å². The monoisotopic (exact) mass is 474 g/mol. The van der Waals surface area contributed by atoms with Gasteiger partial charge in [0.05, 0.1) is 17.6 Å². The highest BCUT2D eigenvalue weighted by molar-refractivity contribution is 7.89. The Balaban J connectivity index is 1.91. The third-order valence-electron chi connectivity index (χ3n) is 5.58. The SMILES string of the molecule is CCN(CC)S(=O)(=O)c1ccc(N2CCCC2)c(C(=O)Nc2ccc(NC(=O)OC)cc2)c1. The Hall–Kier alpha value is -3.11. The van der Waals surface area contributed by atoms with Gasteiger partial charge in [-0.05, 0) is 55.3 Å². The zero-order chi connectivity index (χ0) is 24.0. The second kappa shape index (κ2) is 10.7. The van der Waals surface area contributed by atoms with Crippen LogP contribution >= 0.6 is 0 Å². The molecule has 0 radical (unpaired) electrons. The summed E-state index contributed by atoms with van der Waals surface area (Å²) in [5.41, 5.74) is 2.05. The molecule has 0 atom stereocenters. The minimum atomic E-state index is -3.71. The van der Waals surface area contributed by atoms with Crippen LogP contribution in [0.3, 0.4) is 0 Å².